The first-order chi connectivity index (χ1) is 25.2. The predicted octanol–water partition coefficient (Wildman–Crippen LogP) is 13.3. The topological polar surface area (TPSA) is 0 Å². The first kappa shape index (κ1) is 30.0. The fourth-order valence-corrected chi connectivity index (χ4v) is 8.74. The van der Waals surface area contributed by atoms with E-state index in [-0.39, 0.29) is 0 Å². The summed E-state index contributed by atoms with van der Waals surface area (Å²) in [6.45, 7) is 0. The number of fused-ring (bicyclic) bond motifs is 1. The van der Waals surface area contributed by atoms with Gasteiger partial charge in [0.2, 0.25) is 0 Å². The van der Waals surface area contributed by atoms with Gasteiger partial charge in [-0.25, -0.2) is 0 Å². The zero-order valence-corrected chi connectivity index (χ0v) is 28.9. The minimum Gasteiger partial charge on any atom is -0.106 e. The molecule has 51 heavy (non-hydrogen) atoms. The van der Waals surface area contributed by atoms with Crippen molar-refractivity contribution in [2.75, 3.05) is 0 Å². The molecule has 0 saturated heterocycles. The maximum absolute atomic E-state index is 2.41. The summed E-state index contributed by atoms with van der Waals surface area (Å²) < 4.78 is 0. The Morgan fingerprint density at radius 2 is 0.804 bits per heavy atom. The summed E-state index contributed by atoms with van der Waals surface area (Å²) in [6.07, 6.45) is 5.02. The van der Waals surface area contributed by atoms with Crippen molar-refractivity contribution in [3.63, 3.8) is 0 Å². The molecule has 0 heterocycles. The normalized spacial score (nSPS) is 13.6. The van der Waals surface area contributed by atoms with Crippen molar-refractivity contribution in [3.8, 4) is 44.5 Å². The maximum atomic E-state index is 2.41. The van der Waals surface area contributed by atoms with E-state index in [1.165, 1.54) is 119 Å². The fraction of sp³-hybridized carbons (Fsp3) is 0.0800. The first-order valence-electron chi connectivity index (χ1n) is 18.4. The second kappa shape index (κ2) is 12.1. The molecule has 0 atom stereocenters. The summed E-state index contributed by atoms with van der Waals surface area (Å²) >= 11 is 0. The largest absolute Gasteiger partial charge is 0.134 e. The molecule has 9 aromatic carbocycles. The number of allylic oxidation sites excluding steroid dienone is 2. The Kier molecular flexibility index (Phi) is 7.13. The number of rotatable bonds is 5. The molecule has 9 aromatic rings. The molecular formula is C50H37B. The molecule has 0 radical (unpaired) electrons. The molecule has 1 aliphatic carbocycles. The van der Waals surface area contributed by atoms with E-state index >= 15 is 0 Å². The van der Waals surface area contributed by atoms with Crippen LogP contribution in [0.25, 0.3) is 93.2 Å². The molecule has 0 bridgehead atoms. The van der Waals surface area contributed by atoms with Gasteiger partial charge in [-0.3, -0.25) is 0 Å². The standard InChI is InChI=1S/C50H37B/c51-48-17-4-3-16-45(48)42-15-7-11-37(31-42)36-10-5-13-40(29-36)43-24-20-33-23-27-47-44(25-21-34-22-26-46(43)49(33)50(34)47)41-14-6-12-38(30-41)39-19-18-32-8-1-2-9-35(32)28-39/h1-2,5-15,18-31H,3-4,16-17,51H2. The molecule has 10 rings (SSSR count). The lowest BCUT2D eigenvalue weighted by molar-refractivity contribution is 0.734. The summed E-state index contributed by atoms with van der Waals surface area (Å²) in [5.74, 6) is 0. The van der Waals surface area contributed by atoms with Crippen LogP contribution in [0.4, 0.5) is 0 Å². The summed E-state index contributed by atoms with van der Waals surface area (Å²) in [7, 11) is 2.32. The molecule has 240 valence electrons. The van der Waals surface area contributed by atoms with Gasteiger partial charge >= 0.3 is 0 Å². The highest BCUT2D eigenvalue weighted by atomic mass is 14.2. The quantitative estimate of drug-likeness (QED) is 0.129. The first-order valence-corrected chi connectivity index (χ1v) is 18.4. The maximum Gasteiger partial charge on any atom is 0.134 e. The molecule has 0 aromatic heterocycles. The molecule has 0 nitrogen and oxygen atoms in total. The van der Waals surface area contributed by atoms with Crippen LogP contribution < -0.4 is 0 Å². The monoisotopic (exact) mass is 648 g/mol. The molecule has 0 amide bonds. The van der Waals surface area contributed by atoms with Gasteiger partial charge in [-0.1, -0.05) is 152 Å². The van der Waals surface area contributed by atoms with Gasteiger partial charge in [0.05, 0.1) is 0 Å². The third-order valence-corrected chi connectivity index (χ3v) is 11.4. The molecule has 0 unspecified atom stereocenters. The van der Waals surface area contributed by atoms with Crippen LogP contribution in [0.2, 0.25) is 0 Å². The molecular weight excluding hydrogens is 611 g/mol. The van der Waals surface area contributed by atoms with Crippen molar-refractivity contribution in [1.29, 1.82) is 0 Å². The van der Waals surface area contributed by atoms with Gasteiger partial charge in [0.1, 0.15) is 7.85 Å². The van der Waals surface area contributed by atoms with E-state index in [1.54, 1.807) is 11.0 Å². The van der Waals surface area contributed by atoms with E-state index in [9.17, 15) is 0 Å². The van der Waals surface area contributed by atoms with Gasteiger partial charge in [0.25, 0.3) is 0 Å². The predicted molar refractivity (Wildman–Crippen MR) is 223 cm³/mol. The highest BCUT2D eigenvalue weighted by molar-refractivity contribution is 6.28. The van der Waals surface area contributed by atoms with Crippen LogP contribution in [-0.4, -0.2) is 7.85 Å². The molecule has 0 N–H and O–H groups in total. The average Bonchev–Trinajstić information content (AvgIpc) is 3.20. The Hall–Kier alpha value is -5.92. The Morgan fingerprint density at radius 1 is 0.333 bits per heavy atom. The lowest BCUT2D eigenvalue weighted by Gasteiger charge is -2.19. The third-order valence-electron chi connectivity index (χ3n) is 11.4. The van der Waals surface area contributed by atoms with Crippen LogP contribution in [0.5, 0.6) is 0 Å². The van der Waals surface area contributed by atoms with Crippen LogP contribution in [0.1, 0.15) is 31.2 Å². The summed E-state index contributed by atoms with van der Waals surface area (Å²) in [6, 6.07) is 61.3. The van der Waals surface area contributed by atoms with Crippen LogP contribution in [0, 0.1) is 0 Å². The van der Waals surface area contributed by atoms with E-state index in [0.29, 0.717) is 0 Å². The van der Waals surface area contributed by atoms with Crippen molar-refractivity contribution in [1.82, 2.24) is 0 Å². The molecule has 1 aliphatic rings. The molecule has 1 heteroatoms. The zero-order chi connectivity index (χ0) is 33.9. The molecule has 0 aliphatic heterocycles. The van der Waals surface area contributed by atoms with Gasteiger partial charge in [-0.05, 0) is 137 Å². The second-order valence-electron chi connectivity index (χ2n) is 14.4. The lowest BCUT2D eigenvalue weighted by Crippen LogP contribution is -1.99. The van der Waals surface area contributed by atoms with Crippen molar-refractivity contribution < 1.29 is 0 Å². The second-order valence-corrected chi connectivity index (χ2v) is 14.4. The SMILES string of the molecule is BC1=C(c2cccc(-c3cccc(-c4ccc5ccc6c(-c7cccc(-c8ccc9ccccc9c8)c7)ccc7ccc4c5c76)c3)c2)CCCC1. The fourth-order valence-electron chi connectivity index (χ4n) is 8.74. The van der Waals surface area contributed by atoms with Crippen LogP contribution in [0.3, 0.4) is 0 Å². The number of hydrogen-bond donors (Lipinski definition) is 0. The zero-order valence-electron chi connectivity index (χ0n) is 28.9. The van der Waals surface area contributed by atoms with E-state index in [2.05, 4.69) is 172 Å². The molecule has 0 fully saturated rings. The highest BCUT2D eigenvalue weighted by Crippen LogP contribution is 2.43. The minimum atomic E-state index is 1.19. The van der Waals surface area contributed by atoms with Gasteiger partial charge in [0, 0.05) is 0 Å². The Balaban J connectivity index is 1.08. The van der Waals surface area contributed by atoms with Crippen molar-refractivity contribution in [3.05, 3.63) is 175 Å². The van der Waals surface area contributed by atoms with Crippen molar-refractivity contribution >= 4 is 56.5 Å². The van der Waals surface area contributed by atoms with Crippen LogP contribution in [0.15, 0.2) is 169 Å². The van der Waals surface area contributed by atoms with Crippen molar-refractivity contribution in [2.24, 2.45) is 0 Å². The lowest BCUT2D eigenvalue weighted by atomic mass is 9.77. The van der Waals surface area contributed by atoms with Crippen molar-refractivity contribution in [2.45, 2.75) is 25.7 Å². The summed E-state index contributed by atoms with van der Waals surface area (Å²) in [4.78, 5) is 0. The van der Waals surface area contributed by atoms with E-state index in [1.807, 2.05) is 0 Å². The highest BCUT2D eigenvalue weighted by Gasteiger charge is 2.16. The average molecular weight is 649 g/mol. The Bertz CT molecular complexity index is 2820. The summed E-state index contributed by atoms with van der Waals surface area (Å²) in [5, 5.41) is 10.4. The van der Waals surface area contributed by atoms with E-state index < -0.39 is 0 Å². The molecule has 0 saturated carbocycles. The van der Waals surface area contributed by atoms with E-state index in [4.69, 9.17) is 0 Å². The summed E-state index contributed by atoms with van der Waals surface area (Å²) in [5.41, 5.74) is 14.6. The number of benzene rings is 9. The van der Waals surface area contributed by atoms with E-state index in [0.717, 1.165) is 0 Å². The molecule has 0 spiro atoms. The Labute approximate surface area is 300 Å². The minimum absolute atomic E-state index is 1.19. The van der Waals surface area contributed by atoms with Crippen LogP contribution in [-0.2, 0) is 0 Å². The number of hydrogen-bond acceptors (Lipinski definition) is 0. The van der Waals surface area contributed by atoms with Gasteiger partial charge < -0.3 is 0 Å². The van der Waals surface area contributed by atoms with Gasteiger partial charge in [0.15, 0.2) is 0 Å². The smallest absolute Gasteiger partial charge is 0.106 e. The Morgan fingerprint density at radius 3 is 1.41 bits per heavy atom. The third kappa shape index (κ3) is 5.15. The van der Waals surface area contributed by atoms with Gasteiger partial charge in [-0.2, -0.15) is 0 Å². The van der Waals surface area contributed by atoms with Crippen LogP contribution >= 0.6 is 0 Å². The van der Waals surface area contributed by atoms with Gasteiger partial charge in [-0.15, -0.1) is 5.47 Å².